The Bertz CT molecular complexity index is 791. The van der Waals surface area contributed by atoms with Crippen LogP contribution in [0.3, 0.4) is 0 Å². The number of Topliss-reactive ketones (excluding diaryl/α,β-unsaturated/α-hetero) is 1. The second kappa shape index (κ2) is 7.77. The lowest BCUT2D eigenvalue weighted by Crippen LogP contribution is -2.34. The van der Waals surface area contributed by atoms with Gasteiger partial charge in [-0.2, -0.15) is 0 Å². The Kier molecular flexibility index (Phi) is 5.45. The number of esters is 1. The predicted molar refractivity (Wildman–Crippen MR) is 98.7 cm³/mol. The molecule has 1 N–H and O–H groups in total. The molecule has 2 aliphatic rings. The lowest BCUT2D eigenvalue weighted by atomic mass is 9.75. The van der Waals surface area contributed by atoms with Gasteiger partial charge in [0.25, 0.3) is 0 Å². The van der Waals surface area contributed by atoms with Crippen LogP contribution in [0.4, 0.5) is 0 Å². The molecule has 0 radical (unpaired) electrons. The summed E-state index contributed by atoms with van der Waals surface area (Å²) in [5.41, 5.74) is 3.77. The van der Waals surface area contributed by atoms with Gasteiger partial charge < -0.3 is 14.8 Å². The third-order valence-electron chi connectivity index (χ3n) is 4.86. The molecule has 0 amide bonds. The van der Waals surface area contributed by atoms with E-state index in [1.165, 1.54) is 0 Å². The number of benzene rings is 1. The summed E-state index contributed by atoms with van der Waals surface area (Å²) in [6, 6.07) is 7.57. The molecular formula is C21H25NO4. The fraction of sp³-hybridized carbons (Fsp3) is 0.429. The first-order chi connectivity index (χ1) is 12.6. The van der Waals surface area contributed by atoms with Crippen LogP contribution >= 0.6 is 0 Å². The molecule has 5 nitrogen and oxygen atoms in total. The maximum Gasteiger partial charge on any atom is 0.336 e. The minimum absolute atomic E-state index is 0.0971. The van der Waals surface area contributed by atoms with Crippen LogP contribution in [0.5, 0.6) is 5.75 Å². The molecule has 1 unspecified atom stereocenters. The number of ketones is 1. The molecule has 1 atom stereocenters. The third-order valence-corrected chi connectivity index (χ3v) is 4.86. The van der Waals surface area contributed by atoms with E-state index in [1.54, 1.807) is 7.11 Å². The van der Waals surface area contributed by atoms with Crippen molar-refractivity contribution in [2.24, 2.45) is 0 Å². The molecule has 26 heavy (non-hydrogen) atoms. The number of hydrogen-bond donors (Lipinski definition) is 1. The van der Waals surface area contributed by atoms with Crippen LogP contribution in [0.1, 0.15) is 51.0 Å². The fourth-order valence-electron chi connectivity index (χ4n) is 3.68. The van der Waals surface area contributed by atoms with Crippen molar-refractivity contribution in [3.05, 3.63) is 52.4 Å². The number of carbonyl (C=O) groups excluding carboxylic acids is 2. The molecular weight excluding hydrogens is 330 g/mol. The number of nitrogens with one attached hydrogen (secondary N) is 1. The molecule has 0 saturated heterocycles. The number of hydrogen-bond acceptors (Lipinski definition) is 5. The van der Waals surface area contributed by atoms with Gasteiger partial charge in [-0.05, 0) is 43.9 Å². The summed E-state index contributed by atoms with van der Waals surface area (Å²) in [5, 5.41) is 3.29. The summed E-state index contributed by atoms with van der Waals surface area (Å²) in [6.07, 6.45) is 2.91. The van der Waals surface area contributed by atoms with Crippen LogP contribution in [0.15, 0.2) is 46.8 Å². The van der Waals surface area contributed by atoms with Crippen molar-refractivity contribution in [3.8, 4) is 5.75 Å². The summed E-state index contributed by atoms with van der Waals surface area (Å²) < 4.78 is 10.8. The topological polar surface area (TPSA) is 64.6 Å². The molecule has 0 aromatic heterocycles. The van der Waals surface area contributed by atoms with Crippen molar-refractivity contribution in [1.82, 2.24) is 5.32 Å². The lowest BCUT2D eigenvalue weighted by Gasteiger charge is -2.34. The summed E-state index contributed by atoms with van der Waals surface area (Å²) in [7, 11) is 1.61. The van der Waals surface area contributed by atoms with E-state index < -0.39 is 5.92 Å². The Balaban J connectivity index is 2.12. The Morgan fingerprint density at radius 2 is 2.12 bits per heavy atom. The maximum atomic E-state index is 12.8. The minimum Gasteiger partial charge on any atom is -0.497 e. The molecule has 138 valence electrons. The van der Waals surface area contributed by atoms with E-state index in [4.69, 9.17) is 9.47 Å². The standard InChI is InChI=1S/C21H25NO4/c1-4-11-26-21(24)18-13(2)22-16-9-6-10-17(23)20(16)19(18)14-7-5-8-15(12-14)25-3/h5,7-8,12,19,22H,4,6,9-11H2,1-3H3. The molecule has 0 spiro atoms. The zero-order valence-electron chi connectivity index (χ0n) is 15.6. The highest BCUT2D eigenvalue weighted by molar-refractivity contribution is 6.03. The highest BCUT2D eigenvalue weighted by Crippen LogP contribution is 2.43. The second-order valence-corrected chi connectivity index (χ2v) is 6.68. The Morgan fingerprint density at radius 3 is 2.85 bits per heavy atom. The molecule has 5 heteroatoms. The van der Waals surface area contributed by atoms with Crippen molar-refractivity contribution in [2.75, 3.05) is 13.7 Å². The average Bonchev–Trinajstić information content (AvgIpc) is 2.65. The van der Waals surface area contributed by atoms with Crippen molar-refractivity contribution in [1.29, 1.82) is 0 Å². The van der Waals surface area contributed by atoms with Gasteiger partial charge in [0.15, 0.2) is 5.78 Å². The summed E-state index contributed by atoms with van der Waals surface area (Å²) in [4.78, 5) is 25.6. The Morgan fingerprint density at radius 1 is 1.31 bits per heavy atom. The zero-order chi connectivity index (χ0) is 18.7. The number of rotatable bonds is 5. The van der Waals surface area contributed by atoms with Crippen LogP contribution in [-0.4, -0.2) is 25.5 Å². The summed E-state index contributed by atoms with van der Waals surface area (Å²) >= 11 is 0. The van der Waals surface area contributed by atoms with Gasteiger partial charge in [-0.15, -0.1) is 0 Å². The predicted octanol–water partition coefficient (Wildman–Crippen LogP) is 3.62. The number of allylic oxidation sites excluding steroid dienone is 3. The average molecular weight is 355 g/mol. The normalized spacial score (nSPS) is 19.8. The molecule has 1 aliphatic carbocycles. The smallest absolute Gasteiger partial charge is 0.336 e. The van der Waals surface area contributed by atoms with Crippen LogP contribution in [0.25, 0.3) is 0 Å². The van der Waals surface area contributed by atoms with Gasteiger partial charge in [-0.25, -0.2) is 4.79 Å². The van der Waals surface area contributed by atoms with Gasteiger partial charge in [0.05, 0.1) is 19.3 Å². The van der Waals surface area contributed by atoms with Gasteiger partial charge in [-0.1, -0.05) is 19.1 Å². The van der Waals surface area contributed by atoms with E-state index in [0.717, 1.165) is 36.2 Å². The number of dihydropyridines is 1. The Hall–Kier alpha value is -2.56. The van der Waals surface area contributed by atoms with Gasteiger partial charge in [0.1, 0.15) is 5.75 Å². The molecule has 0 fully saturated rings. The van der Waals surface area contributed by atoms with Crippen molar-refractivity contribution < 1.29 is 19.1 Å². The number of ether oxygens (including phenoxy) is 2. The van der Waals surface area contributed by atoms with Crippen LogP contribution in [0, 0.1) is 0 Å². The fourth-order valence-corrected chi connectivity index (χ4v) is 3.68. The summed E-state index contributed by atoms with van der Waals surface area (Å²) in [5.74, 6) is 0.0123. The quantitative estimate of drug-likeness (QED) is 0.818. The highest BCUT2D eigenvalue weighted by Gasteiger charge is 2.39. The molecule has 0 bridgehead atoms. The van der Waals surface area contributed by atoms with E-state index in [1.807, 2.05) is 38.1 Å². The van der Waals surface area contributed by atoms with Crippen molar-refractivity contribution in [2.45, 2.75) is 45.4 Å². The molecule has 3 rings (SSSR count). The van der Waals surface area contributed by atoms with Gasteiger partial charge in [0.2, 0.25) is 0 Å². The minimum atomic E-state index is -0.418. The van der Waals surface area contributed by atoms with Gasteiger partial charge in [-0.3, -0.25) is 4.79 Å². The van der Waals surface area contributed by atoms with Crippen molar-refractivity contribution in [3.63, 3.8) is 0 Å². The van der Waals surface area contributed by atoms with E-state index in [9.17, 15) is 9.59 Å². The second-order valence-electron chi connectivity index (χ2n) is 6.68. The third kappa shape index (κ3) is 3.39. The molecule has 0 saturated carbocycles. The van der Waals surface area contributed by atoms with E-state index >= 15 is 0 Å². The van der Waals surface area contributed by atoms with E-state index in [0.29, 0.717) is 29.9 Å². The first-order valence-electron chi connectivity index (χ1n) is 9.12. The van der Waals surface area contributed by atoms with Crippen molar-refractivity contribution >= 4 is 11.8 Å². The number of carbonyl (C=O) groups is 2. The molecule has 1 aliphatic heterocycles. The molecule has 1 aromatic rings. The molecule has 1 heterocycles. The van der Waals surface area contributed by atoms with Crippen LogP contribution in [-0.2, 0) is 14.3 Å². The van der Waals surface area contributed by atoms with Gasteiger partial charge in [0, 0.05) is 29.3 Å². The first kappa shape index (κ1) is 18.2. The monoisotopic (exact) mass is 355 g/mol. The van der Waals surface area contributed by atoms with Crippen LogP contribution in [0.2, 0.25) is 0 Å². The zero-order valence-corrected chi connectivity index (χ0v) is 15.6. The van der Waals surface area contributed by atoms with E-state index in [2.05, 4.69) is 5.32 Å². The molecule has 1 aromatic carbocycles. The summed E-state index contributed by atoms with van der Waals surface area (Å²) in [6.45, 7) is 4.19. The number of methoxy groups -OCH3 is 1. The maximum absolute atomic E-state index is 12.8. The lowest BCUT2D eigenvalue weighted by molar-refractivity contribution is -0.139. The van der Waals surface area contributed by atoms with Gasteiger partial charge >= 0.3 is 5.97 Å². The Labute approximate surface area is 154 Å². The largest absolute Gasteiger partial charge is 0.497 e. The SMILES string of the molecule is CCCOC(=O)C1=C(C)NC2=C(C(=O)CCC2)C1c1cccc(OC)c1. The highest BCUT2D eigenvalue weighted by atomic mass is 16.5. The first-order valence-corrected chi connectivity index (χ1v) is 9.12. The van der Waals surface area contributed by atoms with E-state index in [-0.39, 0.29) is 11.8 Å². The van der Waals surface area contributed by atoms with Crippen LogP contribution < -0.4 is 10.1 Å².